The molecule has 1 fully saturated rings. The number of carbonyl (C=O) groups excluding carboxylic acids is 1. The third-order valence-corrected chi connectivity index (χ3v) is 3.58. The number of para-hydroxylation sites is 2. The highest BCUT2D eigenvalue weighted by Gasteiger charge is 2.28. The number of phenolic OH excluding ortho intramolecular Hbond substituents is 1. The Bertz CT molecular complexity index is 632. The van der Waals surface area contributed by atoms with Gasteiger partial charge >= 0.3 is 5.97 Å². The highest BCUT2D eigenvalue weighted by molar-refractivity contribution is 5.77. The molecule has 1 aliphatic rings. The summed E-state index contributed by atoms with van der Waals surface area (Å²) in [5.41, 5.74) is 0. The molecule has 0 spiro atoms. The fourth-order valence-corrected chi connectivity index (χ4v) is 2.12. The predicted molar refractivity (Wildman–Crippen MR) is 77.6 cm³/mol. The van der Waals surface area contributed by atoms with E-state index in [9.17, 15) is 9.90 Å². The van der Waals surface area contributed by atoms with Gasteiger partial charge in [-0.25, -0.2) is 0 Å². The van der Waals surface area contributed by atoms with E-state index in [-0.39, 0.29) is 29.1 Å². The molecule has 108 valence electrons. The third kappa shape index (κ3) is 2.99. The average Bonchev–Trinajstić information content (AvgIpc) is 2.42. The van der Waals surface area contributed by atoms with Crippen LogP contribution in [-0.2, 0) is 4.79 Å². The smallest absolute Gasteiger partial charge is 0.314 e. The summed E-state index contributed by atoms with van der Waals surface area (Å²) >= 11 is 0. The van der Waals surface area contributed by atoms with E-state index in [1.54, 1.807) is 30.3 Å². The Morgan fingerprint density at radius 2 is 1.71 bits per heavy atom. The molecule has 0 bridgehead atoms. The molecule has 0 saturated heterocycles. The molecule has 2 aromatic carbocycles. The van der Waals surface area contributed by atoms with Gasteiger partial charge in [0.15, 0.2) is 11.5 Å². The summed E-state index contributed by atoms with van der Waals surface area (Å²) in [4.78, 5) is 11.8. The van der Waals surface area contributed by atoms with Gasteiger partial charge in [0.1, 0.15) is 5.75 Å². The number of aromatic hydroxyl groups is 1. The molecular weight excluding hydrogens is 268 g/mol. The van der Waals surface area contributed by atoms with Crippen LogP contribution in [0.5, 0.6) is 23.0 Å². The highest BCUT2D eigenvalue weighted by Crippen LogP contribution is 2.39. The van der Waals surface area contributed by atoms with Gasteiger partial charge < -0.3 is 14.6 Å². The van der Waals surface area contributed by atoms with Crippen molar-refractivity contribution < 1.29 is 19.4 Å². The normalized spacial score (nSPS) is 14.3. The summed E-state index contributed by atoms with van der Waals surface area (Å²) in [6, 6.07) is 14.0. The van der Waals surface area contributed by atoms with E-state index in [0.29, 0.717) is 5.75 Å². The van der Waals surface area contributed by atoms with Crippen LogP contribution in [0.2, 0.25) is 0 Å². The predicted octanol–water partition coefficient (Wildman–Crippen LogP) is 3.89. The number of benzene rings is 2. The van der Waals surface area contributed by atoms with Crippen molar-refractivity contribution in [3.63, 3.8) is 0 Å². The summed E-state index contributed by atoms with van der Waals surface area (Å²) < 4.78 is 10.8. The van der Waals surface area contributed by atoms with Crippen LogP contribution in [0.15, 0.2) is 48.5 Å². The van der Waals surface area contributed by atoms with Gasteiger partial charge in [-0.05, 0) is 37.1 Å². The molecule has 0 unspecified atom stereocenters. The van der Waals surface area contributed by atoms with Crippen molar-refractivity contribution in [1.29, 1.82) is 0 Å². The van der Waals surface area contributed by atoms with Gasteiger partial charge in [-0.2, -0.15) is 0 Å². The Balaban J connectivity index is 1.76. The highest BCUT2D eigenvalue weighted by atomic mass is 16.5. The lowest BCUT2D eigenvalue weighted by atomic mass is 9.86. The van der Waals surface area contributed by atoms with Gasteiger partial charge in [0, 0.05) is 0 Å². The van der Waals surface area contributed by atoms with Crippen molar-refractivity contribution in [2.75, 3.05) is 0 Å². The number of hydrogen-bond acceptors (Lipinski definition) is 4. The SMILES string of the molecule is O=C(Oc1cccc(Oc2ccccc2)c1O)C1CCC1. The lowest BCUT2D eigenvalue weighted by Crippen LogP contribution is -2.26. The van der Waals surface area contributed by atoms with Gasteiger partial charge in [0.05, 0.1) is 5.92 Å². The van der Waals surface area contributed by atoms with Gasteiger partial charge in [0.25, 0.3) is 0 Å². The Morgan fingerprint density at radius 3 is 2.38 bits per heavy atom. The maximum absolute atomic E-state index is 11.8. The monoisotopic (exact) mass is 284 g/mol. The molecule has 4 heteroatoms. The molecule has 4 nitrogen and oxygen atoms in total. The summed E-state index contributed by atoms with van der Waals surface area (Å²) in [5, 5.41) is 10.2. The van der Waals surface area contributed by atoms with Crippen molar-refractivity contribution in [2.24, 2.45) is 5.92 Å². The van der Waals surface area contributed by atoms with Crippen LogP contribution in [0.3, 0.4) is 0 Å². The van der Waals surface area contributed by atoms with Crippen LogP contribution in [0.25, 0.3) is 0 Å². The van der Waals surface area contributed by atoms with Crippen molar-refractivity contribution in [1.82, 2.24) is 0 Å². The second kappa shape index (κ2) is 5.87. The molecule has 0 radical (unpaired) electrons. The van der Waals surface area contributed by atoms with E-state index in [0.717, 1.165) is 19.3 Å². The number of carbonyl (C=O) groups is 1. The molecule has 1 saturated carbocycles. The minimum Gasteiger partial charge on any atom is -0.502 e. The largest absolute Gasteiger partial charge is 0.502 e. The first-order valence-electron chi connectivity index (χ1n) is 7.00. The summed E-state index contributed by atoms with van der Waals surface area (Å²) in [5.74, 6) is 0.529. The molecule has 21 heavy (non-hydrogen) atoms. The third-order valence-electron chi connectivity index (χ3n) is 3.58. The first kappa shape index (κ1) is 13.5. The minimum absolute atomic E-state index is 0.0388. The van der Waals surface area contributed by atoms with Crippen LogP contribution in [0.4, 0.5) is 0 Å². The molecule has 1 aliphatic carbocycles. The van der Waals surface area contributed by atoms with E-state index >= 15 is 0 Å². The number of phenols is 1. The van der Waals surface area contributed by atoms with Crippen LogP contribution < -0.4 is 9.47 Å². The fourth-order valence-electron chi connectivity index (χ4n) is 2.12. The summed E-state index contributed by atoms with van der Waals surface area (Å²) in [7, 11) is 0. The van der Waals surface area contributed by atoms with E-state index in [1.807, 2.05) is 18.2 Å². The zero-order valence-corrected chi connectivity index (χ0v) is 11.5. The summed E-state index contributed by atoms with van der Waals surface area (Å²) in [6.45, 7) is 0. The molecule has 1 N–H and O–H groups in total. The van der Waals surface area contributed by atoms with Crippen molar-refractivity contribution >= 4 is 5.97 Å². The Kier molecular flexibility index (Phi) is 3.77. The van der Waals surface area contributed by atoms with Crippen molar-refractivity contribution in [2.45, 2.75) is 19.3 Å². The second-order valence-electron chi connectivity index (χ2n) is 5.07. The maximum Gasteiger partial charge on any atom is 0.314 e. The van der Waals surface area contributed by atoms with Crippen LogP contribution in [-0.4, -0.2) is 11.1 Å². The lowest BCUT2D eigenvalue weighted by molar-refractivity contribution is -0.141. The first-order chi connectivity index (χ1) is 10.2. The molecule has 0 amide bonds. The number of hydrogen-bond donors (Lipinski definition) is 1. The fraction of sp³-hybridized carbons (Fsp3) is 0.235. The van der Waals surface area contributed by atoms with Crippen molar-refractivity contribution in [3.8, 4) is 23.0 Å². The maximum atomic E-state index is 11.8. The van der Waals surface area contributed by atoms with E-state index in [2.05, 4.69) is 0 Å². The topological polar surface area (TPSA) is 55.8 Å². The average molecular weight is 284 g/mol. The Labute approximate surface area is 122 Å². The van der Waals surface area contributed by atoms with E-state index in [1.165, 1.54) is 0 Å². The zero-order valence-electron chi connectivity index (χ0n) is 11.5. The number of rotatable bonds is 4. The van der Waals surface area contributed by atoms with Gasteiger partial charge in [0.2, 0.25) is 5.75 Å². The van der Waals surface area contributed by atoms with E-state index in [4.69, 9.17) is 9.47 Å². The molecule has 0 aliphatic heterocycles. The Hall–Kier alpha value is -2.49. The lowest BCUT2D eigenvalue weighted by Gasteiger charge is -2.23. The van der Waals surface area contributed by atoms with E-state index < -0.39 is 0 Å². The summed E-state index contributed by atoms with van der Waals surface area (Å²) in [6.07, 6.45) is 2.78. The first-order valence-corrected chi connectivity index (χ1v) is 7.00. The van der Waals surface area contributed by atoms with Gasteiger partial charge in [-0.15, -0.1) is 0 Å². The van der Waals surface area contributed by atoms with Crippen LogP contribution in [0.1, 0.15) is 19.3 Å². The number of ether oxygens (including phenoxy) is 2. The van der Waals surface area contributed by atoms with Crippen LogP contribution in [0, 0.1) is 5.92 Å². The van der Waals surface area contributed by atoms with Crippen molar-refractivity contribution in [3.05, 3.63) is 48.5 Å². The molecule has 2 aromatic rings. The zero-order chi connectivity index (χ0) is 14.7. The van der Waals surface area contributed by atoms with Gasteiger partial charge in [-0.3, -0.25) is 4.79 Å². The Morgan fingerprint density at radius 1 is 1.00 bits per heavy atom. The second-order valence-corrected chi connectivity index (χ2v) is 5.07. The number of esters is 1. The molecule has 0 atom stereocenters. The quantitative estimate of drug-likeness (QED) is 0.683. The van der Waals surface area contributed by atoms with Crippen LogP contribution >= 0.6 is 0 Å². The van der Waals surface area contributed by atoms with Gasteiger partial charge in [-0.1, -0.05) is 30.7 Å². The molecule has 0 heterocycles. The molecular formula is C17H16O4. The molecule has 3 rings (SSSR count). The standard InChI is InChI=1S/C17H16O4/c18-16-14(20-13-8-2-1-3-9-13)10-5-11-15(16)21-17(19)12-6-4-7-12/h1-3,5,8-12,18H,4,6-7H2. The minimum atomic E-state index is -0.284. The molecule has 0 aromatic heterocycles.